The monoisotopic (exact) mass is 380 g/mol. The summed E-state index contributed by atoms with van der Waals surface area (Å²) in [5.74, 6) is 0.0345. The number of sulfonamides is 1. The summed E-state index contributed by atoms with van der Waals surface area (Å²) in [6.45, 7) is 7.86. The van der Waals surface area contributed by atoms with E-state index in [0.29, 0.717) is 44.0 Å². The third-order valence-corrected chi connectivity index (χ3v) is 7.27. The van der Waals surface area contributed by atoms with Crippen molar-refractivity contribution in [2.75, 3.05) is 26.2 Å². The Balaban J connectivity index is 1.63. The average molecular weight is 381 g/mol. The summed E-state index contributed by atoms with van der Waals surface area (Å²) in [5.41, 5.74) is 1.03. The molecule has 6 nitrogen and oxygen atoms in total. The summed E-state index contributed by atoms with van der Waals surface area (Å²) < 4.78 is 32.7. The van der Waals surface area contributed by atoms with Gasteiger partial charge < -0.3 is 9.64 Å². The summed E-state index contributed by atoms with van der Waals surface area (Å²) in [7, 11) is -3.48. The minimum atomic E-state index is -3.48. The highest BCUT2D eigenvalue weighted by Gasteiger charge is 2.36. The molecule has 26 heavy (non-hydrogen) atoms. The maximum absolute atomic E-state index is 12.9. The van der Waals surface area contributed by atoms with Crippen molar-refractivity contribution >= 4 is 15.9 Å². The number of hydrogen-bond donors (Lipinski definition) is 0. The zero-order chi connectivity index (χ0) is 18.9. The number of morpholine rings is 1. The highest BCUT2D eigenvalue weighted by molar-refractivity contribution is 7.89. The van der Waals surface area contributed by atoms with Crippen molar-refractivity contribution < 1.29 is 17.9 Å². The number of piperidine rings is 1. The van der Waals surface area contributed by atoms with Crippen molar-refractivity contribution in [3.63, 3.8) is 0 Å². The van der Waals surface area contributed by atoms with E-state index in [-0.39, 0.29) is 24.0 Å². The number of aryl methyl sites for hydroxylation is 1. The van der Waals surface area contributed by atoms with E-state index >= 15 is 0 Å². The van der Waals surface area contributed by atoms with E-state index in [9.17, 15) is 13.2 Å². The lowest BCUT2D eigenvalue weighted by Gasteiger charge is -2.40. The maximum atomic E-state index is 12.9. The minimum Gasteiger partial charge on any atom is -0.375 e. The van der Waals surface area contributed by atoms with Crippen LogP contribution in [0.5, 0.6) is 0 Å². The van der Waals surface area contributed by atoms with Gasteiger partial charge in [-0.3, -0.25) is 4.79 Å². The molecule has 1 aromatic carbocycles. The van der Waals surface area contributed by atoms with Crippen molar-refractivity contribution in [3.8, 4) is 0 Å². The number of rotatable bonds is 3. The van der Waals surface area contributed by atoms with E-state index in [2.05, 4.69) is 0 Å². The fourth-order valence-corrected chi connectivity index (χ4v) is 5.12. The molecule has 0 spiro atoms. The van der Waals surface area contributed by atoms with Crippen molar-refractivity contribution in [3.05, 3.63) is 29.8 Å². The first-order chi connectivity index (χ1) is 12.3. The lowest BCUT2D eigenvalue weighted by molar-refractivity contribution is -0.148. The van der Waals surface area contributed by atoms with Gasteiger partial charge in [-0.15, -0.1) is 0 Å². The van der Waals surface area contributed by atoms with Crippen molar-refractivity contribution in [2.45, 2.75) is 50.7 Å². The highest BCUT2D eigenvalue weighted by Crippen LogP contribution is 2.26. The lowest BCUT2D eigenvalue weighted by Crippen LogP contribution is -2.53. The Morgan fingerprint density at radius 2 is 1.73 bits per heavy atom. The van der Waals surface area contributed by atoms with Crippen molar-refractivity contribution in [2.24, 2.45) is 5.92 Å². The molecule has 1 amide bonds. The second-order valence-corrected chi connectivity index (χ2v) is 9.41. The molecule has 2 aliphatic rings. The third kappa shape index (κ3) is 3.94. The van der Waals surface area contributed by atoms with E-state index in [1.807, 2.05) is 37.8 Å². The molecule has 0 saturated carbocycles. The van der Waals surface area contributed by atoms with Gasteiger partial charge in [0, 0.05) is 25.6 Å². The molecule has 2 aliphatic heterocycles. The van der Waals surface area contributed by atoms with Crippen LogP contribution in [0.15, 0.2) is 29.2 Å². The van der Waals surface area contributed by atoms with Crippen LogP contribution >= 0.6 is 0 Å². The molecule has 2 unspecified atom stereocenters. The largest absolute Gasteiger partial charge is 0.375 e. The van der Waals surface area contributed by atoms with E-state index in [1.54, 1.807) is 12.1 Å². The first kappa shape index (κ1) is 19.3. The van der Waals surface area contributed by atoms with Crippen molar-refractivity contribution in [1.82, 2.24) is 9.21 Å². The van der Waals surface area contributed by atoms with E-state index in [0.717, 1.165) is 5.56 Å². The van der Waals surface area contributed by atoms with Crippen molar-refractivity contribution in [1.29, 1.82) is 0 Å². The molecule has 1 aromatic rings. The number of amides is 1. The number of carbonyl (C=O) groups is 1. The smallest absolute Gasteiger partial charge is 0.243 e. The molecule has 2 saturated heterocycles. The summed E-state index contributed by atoms with van der Waals surface area (Å²) >= 11 is 0. The predicted octanol–water partition coefficient (Wildman–Crippen LogP) is 2.03. The number of carbonyl (C=O) groups excluding carboxylic acids is 1. The molecule has 144 valence electrons. The van der Waals surface area contributed by atoms with Crippen LogP contribution in [0.3, 0.4) is 0 Å². The van der Waals surface area contributed by atoms with Gasteiger partial charge in [0.25, 0.3) is 0 Å². The summed E-state index contributed by atoms with van der Waals surface area (Å²) in [5, 5.41) is 0. The Kier molecular flexibility index (Phi) is 5.69. The minimum absolute atomic E-state index is 0.0529. The molecular weight excluding hydrogens is 352 g/mol. The van der Waals surface area contributed by atoms with Gasteiger partial charge in [-0.2, -0.15) is 4.31 Å². The maximum Gasteiger partial charge on any atom is 0.243 e. The lowest BCUT2D eigenvalue weighted by atomic mass is 9.95. The normalized spacial score (nSPS) is 26.0. The first-order valence-corrected chi connectivity index (χ1v) is 10.7. The van der Waals surface area contributed by atoms with Gasteiger partial charge >= 0.3 is 0 Å². The Morgan fingerprint density at radius 3 is 2.35 bits per heavy atom. The molecule has 3 rings (SSSR count). The van der Waals surface area contributed by atoms with Gasteiger partial charge in [0.15, 0.2) is 0 Å². The van der Waals surface area contributed by atoms with Crippen LogP contribution in [0, 0.1) is 12.8 Å². The second kappa shape index (κ2) is 7.66. The molecule has 0 N–H and O–H groups in total. The Bertz CT molecular complexity index is 739. The molecule has 0 aromatic heterocycles. The van der Waals surface area contributed by atoms with Crippen LogP contribution in [0.4, 0.5) is 0 Å². The molecular formula is C19H28N2O4S. The fraction of sp³-hybridized carbons (Fsp3) is 0.632. The number of benzene rings is 1. The van der Waals surface area contributed by atoms with E-state index in [1.165, 1.54) is 4.31 Å². The molecule has 2 atom stereocenters. The van der Waals surface area contributed by atoms with Crippen LogP contribution in [0.2, 0.25) is 0 Å². The molecule has 7 heteroatoms. The quantitative estimate of drug-likeness (QED) is 0.805. The first-order valence-electron chi connectivity index (χ1n) is 9.28. The topological polar surface area (TPSA) is 66.9 Å². The zero-order valence-corrected chi connectivity index (χ0v) is 16.5. The van der Waals surface area contributed by atoms with Gasteiger partial charge in [-0.25, -0.2) is 8.42 Å². The number of nitrogens with zero attached hydrogens (tertiary/aromatic N) is 2. The van der Waals surface area contributed by atoms with Crippen LogP contribution in [-0.2, 0) is 19.6 Å². The average Bonchev–Trinajstić information content (AvgIpc) is 2.63. The summed E-state index contributed by atoms with van der Waals surface area (Å²) in [6.07, 6.45) is 1.20. The van der Waals surface area contributed by atoms with Crippen LogP contribution in [0.1, 0.15) is 32.3 Å². The fourth-order valence-electron chi connectivity index (χ4n) is 3.65. The SMILES string of the molecule is Cc1ccc(S(=O)(=O)N2CCC(C(=O)N3CC(C)OCC3C)CC2)cc1. The third-order valence-electron chi connectivity index (χ3n) is 5.35. The van der Waals surface area contributed by atoms with E-state index < -0.39 is 10.0 Å². The van der Waals surface area contributed by atoms with E-state index in [4.69, 9.17) is 4.74 Å². The van der Waals surface area contributed by atoms with Gasteiger partial charge in [-0.1, -0.05) is 17.7 Å². The van der Waals surface area contributed by atoms with Gasteiger partial charge in [-0.05, 0) is 45.7 Å². The number of ether oxygens (including phenoxy) is 1. The number of hydrogen-bond acceptors (Lipinski definition) is 4. The molecule has 2 heterocycles. The van der Waals surface area contributed by atoms with Crippen LogP contribution in [-0.4, -0.2) is 61.9 Å². The Hall–Kier alpha value is -1.44. The molecule has 0 bridgehead atoms. The zero-order valence-electron chi connectivity index (χ0n) is 15.7. The Labute approximate surface area is 156 Å². The Morgan fingerprint density at radius 1 is 1.12 bits per heavy atom. The van der Waals surface area contributed by atoms with Crippen LogP contribution in [0.25, 0.3) is 0 Å². The predicted molar refractivity (Wildman–Crippen MR) is 99.3 cm³/mol. The highest BCUT2D eigenvalue weighted by atomic mass is 32.2. The van der Waals surface area contributed by atoms with Crippen LogP contribution < -0.4 is 0 Å². The standard InChI is InChI=1S/C19H28N2O4S/c1-14-4-6-18(7-5-14)26(23,24)20-10-8-17(9-11-20)19(22)21-12-16(3)25-13-15(21)2/h4-7,15-17H,8-13H2,1-3H3. The summed E-state index contributed by atoms with van der Waals surface area (Å²) in [4.78, 5) is 15.1. The van der Waals surface area contributed by atoms with Gasteiger partial charge in [0.05, 0.1) is 23.6 Å². The summed E-state index contributed by atoms with van der Waals surface area (Å²) in [6, 6.07) is 7.00. The molecule has 0 aliphatic carbocycles. The molecule has 0 radical (unpaired) electrons. The van der Waals surface area contributed by atoms with Gasteiger partial charge in [0.2, 0.25) is 15.9 Å². The molecule has 2 fully saturated rings. The second-order valence-electron chi connectivity index (χ2n) is 7.47. The van der Waals surface area contributed by atoms with Gasteiger partial charge in [0.1, 0.15) is 0 Å².